The van der Waals surface area contributed by atoms with E-state index >= 15 is 0 Å². The van der Waals surface area contributed by atoms with Crippen LogP contribution in [0, 0.1) is 13.8 Å². The topological polar surface area (TPSA) is 74.7 Å². The van der Waals surface area contributed by atoms with Crippen molar-refractivity contribution in [1.29, 1.82) is 0 Å². The smallest absolute Gasteiger partial charge is 0.250 e. The van der Waals surface area contributed by atoms with E-state index in [4.69, 9.17) is 33.5 Å². The molecule has 1 aliphatic heterocycles. The molecule has 1 saturated heterocycles. The van der Waals surface area contributed by atoms with Gasteiger partial charge in [0.15, 0.2) is 5.11 Å². The first-order valence-electron chi connectivity index (χ1n) is 14.4. The minimum atomic E-state index is -0.277. The molecule has 1 fully saturated rings. The van der Waals surface area contributed by atoms with Gasteiger partial charge in [-0.2, -0.15) is 0 Å². The largest absolute Gasteiger partial charge is 0.375 e. The number of nitrogens with one attached hydrogen (secondary N) is 2. The number of methoxy groups -OCH3 is 1. The third-order valence-corrected chi connectivity index (χ3v) is 8.53. The maximum absolute atomic E-state index is 12.1. The molecule has 4 aromatic rings. The summed E-state index contributed by atoms with van der Waals surface area (Å²) in [7, 11) is 1.47. The second-order valence-electron chi connectivity index (χ2n) is 10.5. The molecule has 3 heterocycles. The number of nitrogens with zero attached hydrogens (tertiary/aromatic N) is 4. The predicted octanol–water partition coefficient (Wildman–Crippen LogP) is 6.75. The predicted molar refractivity (Wildman–Crippen MR) is 179 cm³/mol. The molecule has 43 heavy (non-hydrogen) atoms. The number of ether oxygens (including phenoxy) is 1. The maximum atomic E-state index is 12.1. The van der Waals surface area contributed by atoms with E-state index in [0.29, 0.717) is 15.8 Å². The molecule has 0 spiro atoms. The molecular formula is C33H37ClN6O2S. The zero-order valence-corrected chi connectivity index (χ0v) is 26.7. The van der Waals surface area contributed by atoms with Crippen LogP contribution in [0.1, 0.15) is 48.6 Å². The van der Waals surface area contributed by atoms with Gasteiger partial charge in [0.05, 0.1) is 28.5 Å². The molecule has 0 bridgehead atoms. The molecule has 0 unspecified atom stereocenters. The Morgan fingerprint density at radius 3 is 2.42 bits per heavy atom. The quantitative estimate of drug-likeness (QED) is 0.191. The van der Waals surface area contributed by atoms with Gasteiger partial charge in [0.2, 0.25) is 5.91 Å². The summed E-state index contributed by atoms with van der Waals surface area (Å²) in [5, 5.41) is 7.30. The molecule has 224 valence electrons. The lowest BCUT2D eigenvalue weighted by molar-refractivity contribution is -0.119. The Hall–Kier alpha value is -3.92. The van der Waals surface area contributed by atoms with Crippen molar-refractivity contribution in [2.45, 2.75) is 39.8 Å². The van der Waals surface area contributed by atoms with Crippen LogP contribution in [-0.4, -0.2) is 47.4 Å². The highest BCUT2D eigenvalue weighted by molar-refractivity contribution is 7.80. The number of thiocarbonyl (C=S) groups is 1. The lowest BCUT2D eigenvalue weighted by Gasteiger charge is -2.28. The number of carbonyl (C=O) groups is 1. The van der Waals surface area contributed by atoms with Gasteiger partial charge >= 0.3 is 0 Å². The lowest BCUT2D eigenvalue weighted by atomic mass is 9.96. The van der Waals surface area contributed by atoms with Gasteiger partial charge in [-0.3, -0.25) is 9.78 Å². The Kier molecular flexibility index (Phi) is 9.34. The minimum Gasteiger partial charge on any atom is -0.375 e. The van der Waals surface area contributed by atoms with Crippen molar-refractivity contribution >= 4 is 51.9 Å². The van der Waals surface area contributed by atoms with Crippen molar-refractivity contribution in [2.24, 2.45) is 0 Å². The highest BCUT2D eigenvalue weighted by Gasteiger charge is 2.42. The Morgan fingerprint density at radius 2 is 1.79 bits per heavy atom. The highest BCUT2D eigenvalue weighted by Crippen LogP contribution is 2.44. The number of anilines is 3. The Bertz CT molecular complexity index is 1600. The summed E-state index contributed by atoms with van der Waals surface area (Å²) in [6.45, 7) is 10.5. The molecule has 2 atom stereocenters. The molecule has 0 saturated carbocycles. The second-order valence-corrected chi connectivity index (χ2v) is 11.3. The first-order valence-corrected chi connectivity index (χ1v) is 15.2. The fourth-order valence-corrected chi connectivity index (χ4v) is 6.48. The normalized spacial score (nSPS) is 16.3. The van der Waals surface area contributed by atoms with Gasteiger partial charge in [-0.05, 0) is 106 Å². The average Bonchev–Trinajstić information content (AvgIpc) is 3.50. The van der Waals surface area contributed by atoms with E-state index in [-0.39, 0.29) is 24.6 Å². The monoisotopic (exact) mass is 616 g/mol. The summed E-state index contributed by atoms with van der Waals surface area (Å²) in [6.07, 6.45) is 1.80. The third kappa shape index (κ3) is 6.11. The molecule has 5 rings (SSSR count). The molecule has 2 aromatic carbocycles. The van der Waals surface area contributed by atoms with Crippen LogP contribution in [0.5, 0.6) is 0 Å². The van der Waals surface area contributed by atoms with Crippen molar-refractivity contribution in [3.8, 4) is 5.69 Å². The van der Waals surface area contributed by atoms with Crippen LogP contribution in [0.4, 0.5) is 17.1 Å². The van der Waals surface area contributed by atoms with Crippen molar-refractivity contribution in [1.82, 2.24) is 14.9 Å². The van der Waals surface area contributed by atoms with Gasteiger partial charge in [0.25, 0.3) is 0 Å². The number of rotatable bonds is 10. The molecule has 0 radical (unpaired) electrons. The zero-order chi connectivity index (χ0) is 30.7. The fourth-order valence-electron chi connectivity index (χ4n) is 5.91. The molecule has 8 nitrogen and oxygen atoms in total. The van der Waals surface area contributed by atoms with Crippen LogP contribution in [0.25, 0.3) is 5.69 Å². The highest BCUT2D eigenvalue weighted by atomic mass is 35.5. The van der Waals surface area contributed by atoms with E-state index in [0.717, 1.165) is 47.1 Å². The SMILES string of the molecule is CCN(CC)c1ccc(-n2c(C)cc([C@H]3[C@H](c4ccccn4)NC(=S)N3c3ccc(NC(=O)COC)c(Cl)c3)c2C)cc1. The van der Waals surface area contributed by atoms with E-state index in [9.17, 15) is 4.79 Å². The number of halogens is 1. The lowest BCUT2D eigenvalue weighted by Crippen LogP contribution is -2.29. The summed E-state index contributed by atoms with van der Waals surface area (Å²) < 4.78 is 7.22. The maximum Gasteiger partial charge on any atom is 0.250 e. The number of pyridine rings is 1. The van der Waals surface area contributed by atoms with Gasteiger partial charge in [0.1, 0.15) is 6.61 Å². The van der Waals surface area contributed by atoms with Gasteiger partial charge in [-0.25, -0.2) is 0 Å². The number of benzene rings is 2. The molecule has 2 N–H and O–H groups in total. The summed E-state index contributed by atoms with van der Waals surface area (Å²) >= 11 is 12.6. The Balaban J connectivity index is 1.57. The molecule has 0 aliphatic carbocycles. The Labute approximate surface area is 263 Å². The van der Waals surface area contributed by atoms with Crippen LogP contribution in [0.15, 0.2) is 72.9 Å². The van der Waals surface area contributed by atoms with E-state index in [1.54, 1.807) is 12.3 Å². The third-order valence-electron chi connectivity index (χ3n) is 7.90. The fraction of sp³-hybridized carbons (Fsp3) is 0.303. The van der Waals surface area contributed by atoms with Crippen LogP contribution in [0.2, 0.25) is 5.02 Å². The van der Waals surface area contributed by atoms with Crippen molar-refractivity contribution in [3.05, 3.63) is 101 Å². The van der Waals surface area contributed by atoms with Crippen LogP contribution in [-0.2, 0) is 9.53 Å². The number of aryl methyl sites for hydroxylation is 1. The van der Waals surface area contributed by atoms with Gasteiger partial charge in [-0.1, -0.05) is 17.7 Å². The minimum absolute atomic E-state index is 0.0557. The van der Waals surface area contributed by atoms with Crippen molar-refractivity contribution in [3.63, 3.8) is 0 Å². The van der Waals surface area contributed by atoms with Crippen molar-refractivity contribution in [2.75, 3.05) is 41.9 Å². The first kappa shape index (κ1) is 30.5. The standard InChI is InChI=1S/C33H37ClN6O2S/c1-6-38(7-2)23-11-13-24(14-12-23)39-21(3)18-26(22(39)4)32-31(29-10-8-9-17-35-29)37-33(43)40(32)25-15-16-28(27(34)19-25)36-30(41)20-42-5/h8-19,31-32H,6-7,20H2,1-5H3,(H,36,41)(H,37,43)/t31-,32-/m0/s1. The molecule has 2 aromatic heterocycles. The number of carbonyl (C=O) groups excluding carboxylic acids is 1. The summed E-state index contributed by atoms with van der Waals surface area (Å²) in [6, 6.07) is 22.0. The summed E-state index contributed by atoms with van der Waals surface area (Å²) in [4.78, 5) is 21.2. The number of hydrogen-bond acceptors (Lipinski definition) is 5. The van der Waals surface area contributed by atoms with Gasteiger partial charge in [0, 0.05) is 54.8 Å². The van der Waals surface area contributed by atoms with Crippen molar-refractivity contribution < 1.29 is 9.53 Å². The van der Waals surface area contributed by atoms with E-state index in [2.05, 4.69) is 83.0 Å². The molecule has 10 heteroatoms. The number of amides is 1. The summed E-state index contributed by atoms with van der Waals surface area (Å²) in [5.41, 5.74) is 7.88. The number of hydrogen-bond donors (Lipinski definition) is 2. The zero-order valence-electron chi connectivity index (χ0n) is 25.1. The van der Waals surface area contributed by atoms with Gasteiger partial charge in [-0.15, -0.1) is 0 Å². The second kappa shape index (κ2) is 13.2. The molecular weight excluding hydrogens is 580 g/mol. The van der Waals surface area contributed by atoms with E-state index in [1.807, 2.05) is 30.3 Å². The van der Waals surface area contributed by atoms with Gasteiger partial charge < -0.3 is 29.7 Å². The average molecular weight is 617 g/mol. The van der Waals surface area contributed by atoms with Crippen LogP contribution >= 0.6 is 23.8 Å². The summed E-state index contributed by atoms with van der Waals surface area (Å²) in [5.74, 6) is -0.277. The molecule has 1 aliphatic rings. The number of aromatic nitrogens is 2. The van der Waals surface area contributed by atoms with Crippen LogP contribution < -0.4 is 20.4 Å². The first-order chi connectivity index (χ1) is 20.8. The van der Waals surface area contributed by atoms with E-state index in [1.165, 1.54) is 12.8 Å². The molecule has 1 amide bonds. The van der Waals surface area contributed by atoms with E-state index < -0.39 is 0 Å². The van der Waals surface area contributed by atoms with Crippen LogP contribution in [0.3, 0.4) is 0 Å². The Morgan fingerprint density at radius 1 is 1.07 bits per heavy atom.